The number of ether oxygens (including phenoxy) is 1. The minimum Gasteiger partial charge on any atom is -0.494 e. The molecule has 88 valence electrons. The molecule has 0 aliphatic rings. The quantitative estimate of drug-likeness (QED) is 0.944. The maximum Gasteiger partial charge on any atom is 0.339 e. The molecule has 2 heterocycles. The molecule has 2 aromatic heterocycles. The molecule has 0 aliphatic carbocycles. The molecule has 2 aromatic rings. The Balaban J connectivity index is 2.50. The van der Waals surface area contributed by atoms with Gasteiger partial charge < -0.3 is 9.84 Å². The summed E-state index contributed by atoms with van der Waals surface area (Å²) in [6.45, 7) is 0. The zero-order valence-electron chi connectivity index (χ0n) is 8.81. The lowest BCUT2D eigenvalue weighted by Gasteiger charge is -2.05. The van der Waals surface area contributed by atoms with Crippen LogP contribution in [0.3, 0.4) is 0 Å². The van der Waals surface area contributed by atoms with Gasteiger partial charge in [-0.05, 0) is 28.1 Å². The molecule has 0 unspecified atom stereocenters. The summed E-state index contributed by atoms with van der Waals surface area (Å²) in [4.78, 5) is 16.1. The van der Waals surface area contributed by atoms with Crippen molar-refractivity contribution in [3.8, 4) is 16.3 Å². The average molecular weight is 314 g/mol. The summed E-state index contributed by atoms with van der Waals surface area (Å²) in [5, 5.41) is 11.0. The van der Waals surface area contributed by atoms with Crippen LogP contribution in [0.15, 0.2) is 28.2 Å². The highest BCUT2D eigenvalue weighted by atomic mass is 79.9. The van der Waals surface area contributed by atoms with Crippen molar-refractivity contribution >= 4 is 33.2 Å². The summed E-state index contributed by atoms with van der Waals surface area (Å²) in [6, 6.07) is 3.41. The molecular weight excluding hydrogens is 306 g/mol. The molecule has 2 rings (SSSR count). The monoisotopic (exact) mass is 313 g/mol. The fraction of sp³-hybridized carbons (Fsp3) is 0.0909. The first-order valence-corrected chi connectivity index (χ1v) is 6.31. The number of thiophene rings is 1. The first-order valence-electron chi connectivity index (χ1n) is 4.63. The summed E-state index contributed by atoms with van der Waals surface area (Å²) in [7, 11) is 1.42. The van der Waals surface area contributed by atoms with Gasteiger partial charge >= 0.3 is 5.97 Å². The number of hydrogen-bond acceptors (Lipinski definition) is 4. The molecule has 0 saturated heterocycles. The van der Waals surface area contributed by atoms with Crippen molar-refractivity contribution in [2.75, 3.05) is 7.11 Å². The van der Waals surface area contributed by atoms with Gasteiger partial charge in [-0.3, -0.25) is 4.98 Å². The Morgan fingerprint density at radius 1 is 1.53 bits per heavy atom. The van der Waals surface area contributed by atoms with E-state index in [4.69, 9.17) is 9.84 Å². The lowest BCUT2D eigenvalue weighted by molar-refractivity contribution is 0.0693. The van der Waals surface area contributed by atoms with E-state index in [1.165, 1.54) is 30.7 Å². The van der Waals surface area contributed by atoms with E-state index >= 15 is 0 Å². The van der Waals surface area contributed by atoms with Crippen molar-refractivity contribution < 1.29 is 14.6 Å². The number of pyridine rings is 1. The zero-order valence-corrected chi connectivity index (χ0v) is 11.2. The summed E-state index contributed by atoms with van der Waals surface area (Å²) in [5.41, 5.74) is 0.737. The fourth-order valence-corrected chi connectivity index (χ4v) is 2.75. The Bertz CT molecular complexity index is 568. The molecule has 0 radical (unpaired) electrons. The SMILES string of the molecule is COc1cnc(-c2cc(Br)cs2)cc1C(=O)O. The molecule has 0 saturated carbocycles. The highest BCUT2D eigenvalue weighted by molar-refractivity contribution is 9.10. The second-order valence-electron chi connectivity index (χ2n) is 3.20. The minimum absolute atomic E-state index is 0.113. The number of aromatic nitrogens is 1. The Morgan fingerprint density at radius 3 is 2.82 bits per heavy atom. The Hall–Kier alpha value is -1.40. The van der Waals surface area contributed by atoms with Crippen molar-refractivity contribution in [3.05, 3.63) is 33.7 Å². The molecule has 0 bridgehead atoms. The van der Waals surface area contributed by atoms with Gasteiger partial charge in [0, 0.05) is 9.85 Å². The van der Waals surface area contributed by atoms with Crippen LogP contribution in [0.25, 0.3) is 10.6 Å². The lowest BCUT2D eigenvalue weighted by atomic mass is 10.2. The van der Waals surface area contributed by atoms with Crippen LogP contribution < -0.4 is 4.74 Å². The van der Waals surface area contributed by atoms with E-state index in [1.54, 1.807) is 0 Å². The number of carboxylic acid groups (broad SMARTS) is 1. The van der Waals surface area contributed by atoms with Gasteiger partial charge in [-0.25, -0.2) is 4.79 Å². The normalized spacial score (nSPS) is 10.2. The third-order valence-electron chi connectivity index (χ3n) is 2.14. The summed E-state index contributed by atoms with van der Waals surface area (Å²) in [6.07, 6.45) is 1.42. The smallest absolute Gasteiger partial charge is 0.339 e. The lowest BCUT2D eigenvalue weighted by Crippen LogP contribution is -2.01. The molecule has 0 aromatic carbocycles. The molecule has 0 fully saturated rings. The predicted molar refractivity (Wildman–Crippen MR) is 68.8 cm³/mol. The van der Waals surface area contributed by atoms with Crippen LogP contribution in [0, 0.1) is 0 Å². The summed E-state index contributed by atoms with van der Waals surface area (Å²) >= 11 is 4.84. The number of hydrogen-bond donors (Lipinski definition) is 1. The Labute approximate surface area is 110 Å². The maximum absolute atomic E-state index is 11.1. The fourth-order valence-electron chi connectivity index (χ4n) is 1.35. The summed E-state index contributed by atoms with van der Waals surface area (Å²) in [5.74, 6) is -0.766. The van der Waals surface area contributed by atoms with E-state index in [0.29, 0.717) is 5.69 Å². The van der Waals surface area contributed by atoms with Crippen molar-refractivity contribution in [2.45, 2.75) is 0 Å². The zero-order chi connectivity index (χ0) is 12.4. The first-order chi connectivity index (χ1) is 8.11. The number of aromatic carboxylic acids is 1. The van der Waals surface area contributed by atoms with Gasteiger partial charge in [0.25, 0.3) is 0 Å². The van der Waals surface area contributed by atoms with Crippen molar-refractivity contribution in [1.29, 1.82) is 0 Å². The van der Waals surface area contributed by atoms with Gasteiger partial charge in [-0.2, -0.15) is 0 Å². The van der Waals surface area contributed by atoms with E-state index < -0.39 is 5.97 Å². The van der Waals surface area contributed by atoms with Crippen molar-refractivity contribution in [1.82, 2.24) is 4.98 Å². The van der Waals surface area contributed by atoms with Gasteiger partial charge in [0.1, 0.15) is 5.56 Å². The van der Waals surface area contributed by atoms with Crippen LogP contribution in [-0.2, 0) is 0 Å². The van der Waals surface area contributed by atoms with Gasteiger partial charge in [-0.1, -0.05) is 0 Å². The number of methoxy groups -OCH3 is 1. The number of nitrogens with zero attached hydrogens (tertiary/aromatic N) is 1. The Morgan fingerprint density at radius 2 is 2.29 bits per heavy atom. The van der Waals surface area contributed by atoms with Gasteiger partial charge in [0.2, 0.25) is 0 Å². The van der Waals surface area contributed by atoms with Gasteiger partial charge in [0.15, 0.2) is 5.75 Å². The molecular formula is C11H8BrNO3S. The van der Waals surface area contributed by atoms with Crippen LogP contribution in [-0.4, -0.2) is 23.2 Å². The number of carbonyl (C=O) groups is 1. The van der Waals surface area contributed by atoms with E-state index in [9.17, 15) is 4.79 Å². The van der Waals surface area contributed by atoms with Crippen molar-refractivity contribution in [3.63, 3.8) is 0 Å². The van der Waals surface area contributed by atoms with Crippen LogP contribution in [0.4, 0.5) is 0 Å². The van der Waals surface area contributed by atoms with E-state index in [-0.39, 0.29) is 11.3 Å². The number of rotatable bonds is 3. The van der Waals surface area contributed by atoms with Crippen LogP contribution in [0.5, 0.6) is 5.75 Å². The molecule has 1 N–H and O–H groups in total. The van der Waals surface area contributed by atoms with Gasteiger partial charge in [0.05, 0.1) is 23.9 Å². The van der Waals surface area contributed by atoms with E-state index in [1.807, 2.05) is 11.4 Å². The first kappa shape index (κ1) is 12.1. The van der Waals surface area contributed by atoms with Crippen molar-refractivity contribution in [2.24, 2.45) is 0 Å². The van der Waals surface area contributed by atoms with E-state index in [0.717, 1.165) is 9.35 Å². The highest BCUT2D eigenvalue weighted by Gasteiger charge is 2.14. The van der Waals surface area contributed by atoms with Crippen LogP contribution in [0.1, 0.15) is 10.4 Å². The molecule has 6 heteroatoms. The number of halogens is 1. The van der Waals surface area contributed by atoms with Crippen LogP contribution in [0.2, 0.25) is 0 Å². The minimum atomic E-state index is -1.03. The summed E-state index contributed by atoms with van der Waals surface area (Å²) < 4.78 is 5.90. The standard InChI is InChI=1S/C11H8BrNO3S/c1-16-9-4-13-8(3-7(9)11(14)15)10-2-6(12)5-17-10/h2-5H,1H3,(H,14,15). The highest BCUT2D eigenvalue weighted by Crippen LogP contribution is 2.30. The van der Waals surface area contributed by atoms with E-state index in [2.05, 4.69) is 20.9 Å². The molecule has 4 nitrogen and oxygen atoms in total. The van der Waals surface area contributed by atoms with Crippen LogP contribution >= 0.6 is 27.3 Å². The predicted octanol–water partition coefficient (Wildman–Crippen LogP) is 3.28. The van der Waals surface area contributed by atoms with Gasteiger partial charge in [-0.15, -0.1) is 11.3 Å². The second-order valence-corrected chi connectivity index (χ2v) is 5.03. The second kappa shape index (κ2) is 4.85. The molecule has 0 amide bonds. The average Bonchev–Trinajstić information content (AvgIpc) is 2.75. The topological polar surface area (TPSA) is 59.4 Å². The third kappa shape index (κ3) is 2.48. The maximum atomic E-state index is 11.1. The number of carboxylic acids is 1. The molecule has 0 spiro atoms. The Kier molecular flexibility index (Phi) is 3.44. The molecule has 17 heavy (non-hydrogen) atoms. The molecule has 0 aliphatic heterocycles. The molecule has 0 atom stereocenters. The largest absolute Gasteiger partial charge is 0.494 e. The third-order valence-corrected chi connectivity index (χ3v) is 3.85.